The first-order valence-electron chi connectivity index (χ1n) is 7.76. The van der Waals surface area contributed by atoms with E-state index in [-0.39, 0.29) is 23.3 Å². The quantitative estimate of drug-likeness (QED) is 0.381. The van der Waals surface area contributed by atoms with Crippen molar-refractivity contribution in [2.24, 2.45) is 0 Å². The van der Waals surface area contributed by atoms with Crippen LogP contribution in [0.5, 0.6) is 0 Å². The average molecular weight is 388 g/mol. The Hall–Kier alpha value is -2.77. The van der Waals surface area contributed by atoms with Crippen LogP contribution in [-0.4, -0.2) is 12.6 Å². The Balaban J connectivity index is 2.48. The van der Waals surface area contributed by atoms with Gasteiger partial charge in [-0.3, -0.25) is 0 Å². The molecule has 0 radical (unpaired) electrons. The lowest BCUT2D eigenvalue weighted by molar-refractivity contribution is -0.138. The van der Waals surface area contributed by atoms with Gasteiger partial charge in [0.15, 0.2) is 0 Å². The van der Waals surface area contributed by atoms with Crippen molar-refractivity contribution in [3.63, 3.8) is 0 Å². The van der Waals surface area contributed by atoms with Gasteiger partial charge in [0.1, 0.15) is 0 Å². The van der Waals surface area contributed by atoms with Crippen LogP contribution in [-0.2, 0) is 21.9 Å². The number of halogens is 6. The maximum atomic E-state index is 12.7. The highest BCUT2D eigenvalue weighted by Gasteiger charge is 2.31. The molecule has 0 saturated heterocycles. The van der Waals surface area contributed by atoms with E-state index in [0.29, 0.717) is 0 Å². The molecule has 2 rings (SSSR count). The maximum absolute atomic E-state index is 12.7. The number of ether oxygens (including phenoxy) is 1. The van der Waals surface area contributed by atoms with Gasteiger partial charge in [0.05, 0.1) is 17.7 Å². The Labute approximate surface area is 151 Å². The number of hydrogen-bond donors (Lipinski definition) is 0. The summed E-state index contributed by atoms with van der Waals surface area (Å²) in [5.41, 5.74) is -1.15. The van der Waals surface area contributed by atoms with E-state index in [0.717, 1.165) is 54.6 Å². The first-order chi connectivity index (χ1) is 12.5. The van der Waals surface area contributed by atoms with Gasteiger partial charge in [-0.25, -0.2) is 4.79 Å². The summed E-state index contributed by atoms with van der Waals surface area (Å²) in [4.78, 5) is 11.8. The molecule has 0 amide bonds. The average Bonchev–Trinajstić information content (AvgIpc) is 2.59. The van der Waals surface area contributed by atoms with Crippen LogP contribution in [0.1, 0.15) is 29.2 Å². The summed E-state index contributed by atoms with van der Waals surface area (Å²) in [6.07, 6.45) is -8.02. The molecule has 0 bridgehead atoms. The van der Waals surface area contributed by atoms with Crippen LogP contribution < -0.4 is 0 Å². The normalized spacial score (nSPS) is 11.8. The Bertz CT molecular complexity index is 756. The minimum atomic E-state index is -4.53. The van der Waals surface area contributed by atoms with Crippen molar-refractivity contribution in [2.75, 3.05) is 6.61 Å². The molecule has 2 aromatic carbocycles. The maximum Gasteiger partial charge on any atom is 0.416 e. The fourth-order valence-electron chi connectivity index (χ4n) is 2.31. The van der Waals surface area contributed by atoms with Crippen LogP contribution in [0.2, 0.25) is 0 Å². The highest BCUT2D eigenvalue weighted by molar-refractivity contribution is 5.96. The van der Waals surface area contributed by atoms with Crippen molar-refractivity contribution < 1.29 is 35.9 Å². The first kappa shape index (κ1) is 20.5. The van der Waals surface area contributed by atoms with Crippen LogP contribution in [0, 0.1) is 0 Å². The van der Waals surface area contributed by atoms with Gasteiger partial charge in [-0.1, -0.05) is 24.3 Å². The van der Waals surface area contributed by atoms with Crippen molar-refractivity contribution in [3.05, 3.63) is 76.9 Å². The van der Waals surface area contributed by atoms with Crippen molar-refractivity contribution in [1.82, 2.24) is 0 Å². The molecule has 0 spiro atoms. The van der Waals surface area contributed by atoms with E-state index in [1.807, 2.05) is 0 Å². The molecule has 0 unspecified atom stereocenters. The fraction of sp³-hybridized carbons (Fsp3) is 0.211. The molecule has 2 nitrogen and oxygen atoms in total. The molecule has 0 aliphatic rings. The van der Waals surface area contributed by atoms with E-state index < -0.39 is 29.4 Å². The number of alkyl halides is 6. The molecule has 0 N–H and O–H groups in total. The van der Waals surface area contributed by atoms with Crippen LogP contribution in [0.4, 0.5) is 26.3 Å². The minimum absolute atomic E-state index is 0.0721. The van der Waals surface area contributed by atoms with Crippen molar-refractivity contribution in [1.29, 1.82) is 0 Å². The summed E-state index contributed by atoms with van der Waals surface area (Å²) >= 11 is 0. The smallest absolute Gasteiger partial charge is 0.416 e. The third kappa shape index (κ3) is 5.35. The van der Waals surface area contributed by atoms with Crippen LogP contribution >= 0.6 is 0 Å². The summed E-state index contributed by atoms with van der Waals surface area (Å²) in [7, 11) is 0. The van der Waals surface area contributed by atoms with Gasteiger partial charge in [0, 0.05) is 6.08 Å². The zero-order valence-corrected chi connectivity index (χ0v) is 14.0. The third-order valence-electron chi connectivity index (χ3n) is 3.60. The molecule has 0 aliphatic carbocycles. The number of hydrogen-bond acceptors (Lipinski definition) is 2. The van der Waals surface area contributed by atoms with E-state index in [9.17, 15) is 31.1 Å². The number of carbonyl (C=O) groups is 1. The highest BCUT2D eigenvalue weighted by Crippen LogP contribution is 2.33. The summed E-state index contributed by atoms with van der Waals surface area (Å²) in [6.45, 7) is 1.64. The number of benzene rings is 2. The molecule has 0 saturated carbocycles. The molecular formula is C19H14F6O2. The van der Waals surface area contributed by atoms with Gasteiger partial charge in [-0.15, -0.1) is 0 Å². The summed E-state index contributed by atoms with van der Waals surface area (Å²) < 4.78 is 81.1. The molecule has 144 valence electrons. The third-order valence-corrected chi connectivity index (χ3v) is 3.60. The van der Waals surface area contributed by atoms with E-state index in [1.165, 1.54) is 0 Å². The predicted octanol–water partition coefficient (Wildman–Crippen LogP) is 5.72. The van der Waals surface area contributed by atoms with Gasteiger partial charge < -0.3 is 4.74 Å². The second-order valence-corrected chi connectivity index (χ2v) is 5.46. The van der Waals surface area contributed by atoms with E-state index in [2.05, 4.69) is 0 Å². The Kier molecular flexibility index (Phi) is 5.98. The van der Waals surface area contributed by atoms with Gasteiger partial charge in [-0.2, -0.15) is 26.3 Å². The molecule has 0 aromatic heterocycles. The Morgan fingerprint density at radius 1 is 0.815 bits per heavy atom. The summed E-state index contributed by atoms with van der Waals surface area (Å²) in [5, 5.41) is 0. The molecule has 0 heterocycles. The second-order valence-electron chi connectivity index (χ2n) is 5.46. The lowest BCUT2D eigenvalue weighted by Crippen LogP contribution is -2.06. The number of esters is 1. The SMILES string of the molecule is CCOC(=O)C=C(c1ccc(C(F)(F)F)cc1)c1ccc(C(F)(F)F)cc1. The number of carbonyl (C=O) groups excluding carboxylic acids is 1. The summed E-state index contributed by atoms with van der Waals surface area (Å²) in [5.74, 6) is -0.757. The van der Waals surface area contributed by atoms with Crippen LogP contribution in [0.15, 0.2) is 54.6 Å². The van der Waals surface area contributed by atoms with Gasteiger partial charge >= 0.3 is 18.3 Å². The van der Waals surface area contributed by atoms with E-state index in [1.54, 1.807) is 6.92 Å². The van der Waals surface area contributed by atoms with Gasteiger partial charge in [0.2, 0.25) is 0 Å². The Morgan fingerprint density at radius 3 is 1.48 bits per heavy atom. The summed E-state index contributed by atoms with van der Waals surface area (Å²) in [6, 6.07) is 7.90. The van der Waals surface area contributed by atoms with Crippen molar-refractivity contribution in [2.45, 2.75) is 19.3 Å². The number of rotatable bonds is 4. The van der Waals surface area contributed by atoms with Gasteiger partial charge in [0.25, 0.3) is 0 Å². The predicted molar refractivity (Wildman–Crippen MR) is 86.6 cm³/mol. The van der Waals surface area contributed by atoms with Crippen LogP contribution in [0.25, 0.3) is 5.57 Å². The van der Waals surface area contributed by atoms with E-state index in [4.69, 9.17) is 4.74 Å². The topological polar surface area (TPSA) is 26.3 Å². The molecule has 27 heavy (non-hydrogen) atoms. The molecule has 0 fully saturated rings. The minimum Gasteiger partial charge on any atom is -0.463 e. The second kappa shape index (κ2) is 7.85. The highest BCUT2D eigenvalue weighted by atomic mass is 19.4. The van der Waals surface area contributed by atoms with Crippen molar-refractivity contribution >= 4 is 11.5 Å². The monoisotopic (exact) mass is 388 g/mol. The molecule has 0 aliphatic heterocycles. The molecule has 2 aromatic rings. The molecular weight excluding hydrogens is 374 g/mol. The Morgan fingerprint density at radius 2 is 1.19 bits per heavy atom. The molecule has 8 heteroatoms. The standard InChI is InChI=1S/C19H14F6O2/c1-2-27-17(26)11-16(12-3-7-14(8-4-12)18(20,21)22)13-5-9-15(10-6-13)19(23,24)25/h3-11H,2H2,1H3. The largest absolute Gasteiger partial charge is 0.463 e. The lowest BCUT2D eigenvalue weighted by atomic mass is 9.95. The zero-order valence-electron chi connectivity index (χ0n) is 14.0. The van der Waals surface area contributed by atoms with Crippen LogP contribution in [0.3, 0.4) is 0 Å². The van der Waals surface area contributed by atoms with Crippen molar-refractivity contribution in [3.8, 4) is 0 Å². The van der Waals surface area contributed by atoms with Gasteiger partial charge in [-0.05, 0) is 47.9 Å². The zero-order chi connectivity index (χ0) is 20.2. The lowest BCUT2D eigenvalue weighted by Gasteiger charge is -2.12. The van der Waals surface area contributed by atoms with E-state index >= 15 is 0 Å². The molecule has 0 atom stereocenters. The fourth-order valence-corrected chi connectivity index (χ4v) is 2.31. The first-order valence-corrected chi connectivity index (χ1v) is 7.76.